The average Bonchev–Trinajstić information content (AvgIpc) is 3.02. The highest BCUT2D eigenvalue weighted by Gasteiger charge is 2.41. The number of para-hydroxylation sites is 1. The fourth-order valence-corrected chi connectivity index (χ4v) is 4.75. The van der Waals surface area contributed by atoms with E-state index in [1.807, 2.05) is 31.2 Å². The van der Waals surface area contributed by atoms with Gasteiger partial charge in [-0.05, 0) is 62.2 Å². The maximum absolute atomic E-state index is 13.0. The minimum Gasteiger partial charge on any atom is -0.496 e. The zero-order valence-corrected chi connectivity index (χ0v) is 16.4. The first-order valence-electron chi connectivity index (χ1n) is 9.41. The Labute approximate surface area is 160 Å². The van der Waals surface area contributed by atoms with Crippen molar-refractivity contribution in [3.8, 4) is 11.5 Å². The average molecular weight is 366 g/mol. The van der Waals surface area contributed by atoms with E-state index < -0.39 is 0 Å². The number of benzene rings is 2. The summed E-state index contributed by atoms with van der Waals surface area (Å²) >= 11 is 0. The number of carbonyl (C=O) groups excluding carboxylic acids is 1. The van der Waals surface area contributed by atoms with Crippen LogP contribution in [0, 0.1) is 12.8 Å². The summed E-state index contributed by atoms with van der Waals surface area (Å²) in [4.78, 5) is 17.7. The summed E-state index contributed by atoms with van der Waals surface area (Å²) < 4.78 is 11.2. The summed E-state index contributed by atoms with van der Waals surface area (Å²) in [5.41, 5.74) is 3.81. The lowest BCUT2D eigenvalue weighted by Crippen LogP contribution is -2.37. The Morgan fingerprint density at radius 3 is 2.63 bits per heavy atom. The molecule has 0 radical (unpaired) electrons. The van der Waals surface area contributed by atoms with Gasteiger partial charge in [-0.15, -0.1) is 0 Å². The highest BCUT2D eigenvalue weighted by Crippen LogP contribution is 2.48. The number of likely N-dealkylation sites (tertiary alicyclic amines) is 1. The maximum atomic E-state index is 13.0. The quantitative estimate of drug-likeness (QED) is 0.612. The predicted octanol–water partition coefficient (Wildman–Crippen LogP) is 3.67. The Hall–Kier alpha value is -2.53. The number of ether oxygens (including phenoxy) is 2. The van der Waals surface area contributed by atoms with Gasteiger partial charge in [0.25, 0.3) is 0 Å². The molecule has 0 N–H and O–H groups in total. The molecule has 2 heterocycles. The van der Waals surface area contributed by atoms with Crippen LogP contribution in [0.25, 0.3) is 0 Å². The molecule has 2 atom stereocenters. The number of anilines is 1. The van der Waals surface area contributed by atoms with Crippen LogP contribution in [0.4, 0.5) is 5.69 Å². The first-order valence-corrected chi connectivity index (χ1v) is 9.41. The second kappa shape index (κ2) is 6.89. The number of hydrogen-bond donors (Lipinski definition) is 0. The van der Waals surface area contributed by atoms with Crippen LogP contribution in [-0.4, -0.2) is 45.2 Å². The van der Waals surface area contributed by atoms with Gasteiger partial charge in [0.05, 0.1) is 7.11 Å². The number of rotatable bonds is 3. The maximum Gasteiger partial charge on any atom is 0.347 e. The first-order chi connectivity index (χ1) is 13.0. The molecule has 0 bridgehead atoms. The number of hydrogen-bond acceptors (Lipinski definition) is 5. The lowest BCUT2D eigenvalue weighted by Gasteiger charge is -2.39. The lowest BCUT2D eigenvalue weighted by molar-refractivity contribution is 0.0730. The topological polar surface area (TPSA) is 42.0 Å². The van der Waals surface area contributed by atoms with Gasteiger partial charge in [0.15, 0.2) is 0 Å². The number of carbonyl (C=O) groups is 1. The highest BCUT2D eigenvalue weighted by molar-refractivity contribution is 5.98. The SMILES string of the molecule is COc1cc2c(c(C)c1C(=O)Oc1ccccc1)N(C)CC1CCN(C)C21. The second-order valence-electron chi connectivity index (χ2n) is 7.57. The highest BCUT2D eigenvalue weighted by atomic mass is 16.5. The summed E-state index contributed by atoms with van der Waals surface area (Å²) in [7, 11) is 5.90. The van der Waals surface area contributed by atoms with Crippen LogP contribution in [0.15, 0.2) is 36.4 Å². The fourth-order valence-electron chi connectivity index (χ4n) is 4.75. The number of methoxy groups -OCH3 is 1. The molecule has 2 aliphatic rings. The molecule has 5 heteroatoms. The molecule has 0 aromatic heterocycles. The molecule has 1 saturated heterocycles. The second-order valence-corrected chi connectivity index (χ2v) is 7.57. The Kier molecular flexibility index (Phi) is 4.56. The van der Waals surface area contributed by atoms with E-state index in [0.717, 1.165) is 24.3 Å². The van der Waals surface area contributed by atoms with Gasteiger partial charge < -0.3 is 14.4 Å². The molecule has 0 aliphatic carbocycles. The van der Waals surface area contributed by atoms with Gasteiger partial charge in [0, 0.05) is 25.3 Å². The lowest BCUT2D eigenvalue weighted by atomic mass is 9.85. The zero-order valence-electron chi connectivity index (χ0n) is 16.4. The summed E-state index contributed by atoms with van der Waals surface area (Å²) in [5.74, 6) is 1.35. The molecule has 5 nitrogen and oxygen atoms in total. The summed E-state index contributed by atoms with van der Waals surface area (Å²) in [6.45, 7) is 4.10. The van der Waals surface area contributed by atoms with Crippen molar-refractivity contribution in [1.29, 1.82) is 0 Å². The molecule has 27 heavy (non-hydrogen) atoms. The Balaban J connectivity index is 1.80. The van der Waals surface area contributed by atoms with Crippen molar-refractivity contribution in [3.63, 3.8) is 0 Å². The van der Waals surface area contributed by atoms with Gasteiger partial charge in [-0.25, -0.2) is 4.79 Å². The van der Waals surface area contributed by atoms with Crippen molar-refractivity contribution in [2.75, 3.05) is 39.2 Å². The van der Waals surface area contributed by atoms with Crippen LogP contribution in [0.5, 0.6) is 11.5 Å². The number of fused-ring (bicyclic) bond motifs is 3. The van der Waals surface area contributed by atoms with Gasteiger partial charge in [-0.2, -0.15) is 0 Å². The van der Waals surface area contributed by atoms with Gasteiger partial charge in [0.2, 0.25) is 0 Å². The van der Waals surface area contributed by atoms with Crippen molar-refractivity contribution < 1.29 is 14.3 Å². The number of nitrogens with zero attached hydrogens (tertiary/aromatic N) is 2. The van der Waals surface area contributed by atoms with Crippen molar-refractivity contribution >= 4 is 11.7 Å². The molecule has 4 rings (SSSR count). The van der Waals surface area contributed by atoms with E-state index in [4.69, 9.17) is 9.47 Å². The third-order valence-corrected chi connectivity index (χ3v) is 5.90. The summed E-state index contributed by atoms with van der Waals surface area (Å²) in [5, 5.41) is 0. The van der Waals surface area contributed by atoms with Crippen LogP contribution < -0.4 is 14.4 Å². The summed E-state index contributed by atoms with van der Waals surface area (Å²) in [6.07, 6.45) is 1.20. The monoisotopic (exact) mass is 366 g/mol. The van der Waals surface area contributed by atoms with Crippen molar-refractivity contribution in [1.82, 2.24) is 4.90 Å². The van der Waals surface area contributed by atoms with E-state index in [1.165, 1.54) is 12.0 Å². The third-order valence-electron chi connectivity index (χ3n) is 5.90. The predicted molar refractivity (Wildman–Crippen MR) is 106 cm³/mol. The Morgan fingerprint density at radius 1 is 1.19 bits per heavy atom. The fraction of sp³-hybridized carbons (Fsp3) is 0.409. The van der Waals surface area contributed by atoms with E-state index in [9.17, 15) is 4.79 Å². The van der Waals surface area contributed by atoms with E-state index in [1.54, 1.807) is 19.2 Å². The molecule has 2 unspecified atom stereocenters. The van der Waals surface area contributed by atoms with Crippen molar-refractivity contribution in [2.45, 2.75) is 19.4 Å². The molecule has 0 saturated carbocycles. The van der Waals surface area contributed by atoms with Gasteiger partial charge in [-0.1, -0.05) is 18.2 Å². The molecule has 1 fully saturated rings. The molecular formula is C22H26N2O3. The molecule has 2 aromatic rings. The van der Waals surface area contributed by atoms with E-state index in [0.29, 0.717) is 29.0 Å². The smallest absolute Gasteiger partial charge is 0.347 e. The van der Waals surface area contributed by atoms with Gasteiger partial charge in [-0.3, -0.25) is 4.90 Å². The largest absolute Gasteiger partial charge is 0.496 e. The standard InChI is InChI=1S/C22H26N2O3/c1-14-19(22(25)27-16-8-6-5-7-9-16)18(26-4)12-17-20(14)24(3)13-15-10-11-23(2)21(15)17/h5-9,12,15,21H,10-11,13H2,1-4H3. The third kappa shape index (κ3) is 2.96. The van der Waals surface area contributed by atoms with E-state index in [-0.39, 0.29) is 5.97 Å². The van der Waals surface area contributed by atoms with Crippen LogP contribution in [0.2, 0.25) is 0 Å². The minimum absolute atomic E-state index is 0.378. The summed E-state index contributed by atoms with van der Waals surface area (Å²) in [6, 6.07) is 11.6. The van der Waals surface area contributed by atoms with Crippen molar-refractivity contribution in [3.05, 3.63) is 53.1 Å². The molecule has 142 valence electrons. The Morgan fingerprint density at radius 2 is 1.93 bits per heavy atom. The van der Waals surface area contributed by atoms with Crippen LogP contribution in [0.1, 0.15) is 33.9 Å². The minimum atomic E-state index is -0.381. The van der Waals surface area contributed by atoms with Gasteiger partial charge >= 0.3 is 5.97 Å². The van der Waals surface area contributed by atoms with Crippen LogP contribution in [0.3, 0.4) is 0 Å². The van der Waals surface area contributed by atoms with Crippen LogP contribution in [-0.2, 0) is 0 Å². The molecule has 0 amide bonds. The van der Waals surface area contributed by atoms with Gasteiger partial charge in [0.1, 0.15) is 17.1 Å². The van der Waals surface area contributed by atoms with Crippen molar-refractivity contribution in [2.24, 2.45) is 5.92 Å². The van der Waals surface area contributed by atoms with Crippen LogP contribution >= 0.6 is 0 Å². The molecule has 2 aliphatic heterocycles. The zero-order chi connectivity index (χ0) is 19.1. The Bertz CT molecular complexity index is 866. The van der Waals surface area contributed by atoms with E-state index >= 15 is 0 Å². The molecular weight excluding hydrogens is 340 g/mol. The normalized spacial score (nSPS) is 21.6. The number of esters is 1. The molecule has 0 spiro atoms. The molecule has 2 aromatic carbocycles. The first kappa shape index (κ1) is 17.9. The van der Waals surface area contributed by atoms with E-state index in [2.05, 4.69) is 23.9 Å².